The number of imidazole rings is 1. The number of hydrogen-bond donors (Lipinski definition) is 1. The number of aromatic amines is 1. The summed E-state index contributed by atoms with van der Waals surface area (Å²) in [6.07, 6.45) is 1.95. The number of hydrogen-bond acceptors (Lipinski definition) is 1. The van der Waals surface area contributed by atoms with Crippen LogP contribution in [-0.2, 0) is 0 Å². The fraction of sp³-hybridized carbons (Fsp3) is 0. The average Bonchev–Trinajstić information content (AvgIpc) is 2.90. The minimum Gasteiger partial charge on any atom is -0.344 e. The first-order valence-corrected chi connectivity index (χ1v) is 6.77. The summed E-state index contributed by atoms with van der Waals surface area (Å²) < 4.78 is 1.23. The van der Waals surface area contributed by atoms with Crippen LogP contribution < -0.4 is 0 Å². The summed E-state index contributed by atoms with van der Waals surface area (Å²) in [5, 5.41) is 0. The normalized spacial score (nSPS) is 10.5. The van der Waals surface area contributed by atoms with Crippen LogP contribution in [0.3, 0.4) is 0 Å². The Labute approximate surface area is 119 Å². The molecule has 0 spiro atoms. The SMILES string of the molecule is Ic1ccc(-c2nc(-c3ccccc3)c[nH]2)cc1. The van der Waals surface area contributed by atoms with Crippen molar-refractivity contribution >= 4 is 22.6 Å². The molecular formula is C15H11IN2. The van der Waals surface area contributed by atoms with Crippen molar-refractivity contribution in [1.82, 2.24) is 9.97 Å². The third kappa shape index (κ3) is 2.31. The molecule has 3 rings (SSSR count). The quantitative estimate of drug-likeness (QED) is 0.687. The first kappa shape index (κ1) is 11.5. The first-order valence-electron chi connectivity index (χ1n) is 5.70. The Bertz CT molecular complexity index is 642. The van der Waals surface area contributed by atoms with E-state index in [2.05, 4.69) is 69.0 Å². The van der Waals surface area contributed by atoms with Crippen LogP contribution in [0.15, 0.2) is 60.8 Å². The summed E-state index contributed by atoms with van der Waals surface area (Å²) in [6.45, 7) is 0. The van der Waals surface area contributed by atoms with Crippen LogP contribution in [0.1, 0.15) is 0 Å². The highest BCUT2D eigenvalue weighted by atomic mass is 127. The number of benzene rings is 2. The van der Waals surface area contributed by atoms with Gasteiger partial charge in [0.1, 0.15) is 5.82 Å². The first-order chi connectivity index (χ1) is 8.83. The number of H-pyrrole nitrogens is 1. The fourth-order valence-corrected chi connectivity index (χ4v) is 2.19. The van der Waals surface area contributed by atoms with E-state index in [0.29, 0.717) is 0 Å². The van der Waals surface area contributed by atoms with E-state index < -0.39 is 0 Å². The zero-order valence-electron chi connectivity index (χ0n) is 9.60. The largest absolute Gasteiger partial charge is 0.344 e. The minimum absolute atomic E-state index is 0.908. The van der Waals surface area contributed by atoms with Gasteiger partial charge in [-0.05, 0) is 34.7 Å². The fourth-order valence-electron chi connectivity index (χ4n) is 1.83. The van der Waals surface area contributed by atoms with Crippen molar-refractivity contribution in [3.8, 4) is 22.6 Å². The lowest BCUT2D eigenvalue weighted by Crippen LogP contribution is -1.81. The second-order valence-electron chi connectivity index (χ2n) is 4.01. The molecule has 0 fully saturated rings. The van der Waals surface area contributed by atoms with Gasteiger partial charge in [0.25, 0.3) is 0 Å². The lowest BCUT2D eigenvalue weighted by molar-refractivity contribution is 1.31. The van der Waals surface area contributed by atoms with Crippen molar-refractivity contribution < 1.29 is 0 Å². The topological polar surface area (TPSA) is 28.7 Å². The molecule has 0 radical (unpaired) electrons. The number of nitrogens with one attached hydrogen (secondary N) is 1. The molecule has 0 unspecified atom stereocenters. The molecule has 2 aromatic carbocycles. The maximum absolute atomic E-state index is 4.62. The van der Waals surface area contributed by atoms with Crippen molar-refractivity contribution in [2.75, 3.05) is 0 Å². The summed E-state index contributed by atoms with van der Waals surface area (Å²) in [7, 11) is 0. The van der Waals surface area contributed by atoms with Crippen LogP contribution >= 0.6 is 22.6 Å². The van der Waals surface area contributed by atoms with E-state index in [9.17, 15) is 0 Å². The Morgan fingerprint density at radius 3 is 2.28 bits per heavy atom. The lowest BCUT2D eigenvalue weighted by atomic mass is 10.2. The Morgan fingerprint density at radius 1 is 0.833 bits per heavy atom. The predicted molar refractivity (Wildman–Crippen MR) is 82.2 cm³/mol. The molecule has 0 aliphatic heterocycles. The highest BCUT2D eigenvalue weighted by Gasteiger charge is 2.05. The standard InChI is InChI=1S/C15H11IN2/c16-13-8-6-12(7-9-13)15-17-10-14(18-15)11-4-2-1-3-5-11/h1-10H,(H,17,18). The predicted octanol–water partition coefficient (Wildman–Crippen LogP) is 4.35. The van der Waals surface area contributed by atoms with Crippen LogP contribution in [0.25, 0.3) is 22.6 Å². The molecule has 1 heterocycles. The zero-order chi connectivity index (χ0) is 12.4. The Hall–Kier alpha value is -1.62. The molecule has 3 aromatic rings. The molecule has 1 N–H and O–H groups in total. The minimum atomic E-state index is 0.908. The van der Waals surface area contributed by atoms with E-state index in [1.54, 1.807) is 0 Å². The number of rotatable bonds is 2. The molecule has 2 nitrogen and oxygen atoms in total. The molecule has 0 aliphatic rings. The average molecular weight is 346 g/mol. The Kier molecular flexibility index (Phi) is 3.15. The molecule has 0 atom stereocenters. The van der Waals surface area contributed by atoms with E-state index in [1.165, 1.54) is 3.57 Å². The zero-order valence-corrected chi connectivity index (χ0v) is 11.8. The molecule has 0 saturated heterocycles. The maximum atomic E-state index is 4.62. The lowest BCUT2D eigenvalue weighted by Gasteiger charge is -1.97. The van der Waals surface area contributed by atoms with Gasteiger partial charge >= 0.3 is 0 Å². The highest BCUT2D eigenvalue weighted by molar-refractivity contribution is 14.1. The highest BCUT2D eigenvalue weighted by Crippen LogP contribution is 2.22. The van der Waals surface area contributed by atoms with Gasteiger partial charge in [0, 0.05) is 20.9 Å². The van der Waals surface area contributed by atoms with E-state index in [4.69, 9.17) is 0 Å². The van der Waals surface area contributed by atoms with E-state index >= 15 is 0 Å². The molecule has 0 saturated carbocycles. The third-order valence-electron chi connectivity index (χ3n) is 2.77. The summed E-state index contributed by atoms with van der Waals surface area (Å²) in [5.41, 5.74) is 3.22. The summed E-state index contributed by atoms with van der Waals surface area (Å²) in [5.74, 6) is 0.908. The molecule has 88 valence electrons. The summed E-state index contributed by atoms with van der Waals surface area (Å²) in [6, 6.07) is 18.5. The van der Waals surface area contributed by atoms with Crippen LogP contribution in [0.2, 0.25) is 0 Å². The van der Waals surface area contributed by atoms with Gasteiger partial charge in [0.2, 0.25) is 0 Å². The molecule has 18 heavy (non-hydrogen) atoms. The number of nitrogens with zero attached hydrogens (tertiary/aromatic N) is 1. The van der Waals surface area contributed by atoms with Crippen molar-refractivity contribution in [2.24, 2.45) is 0 Å². The van der Waals surface area contributed by atoms with Crippen LogP contribution in [-0.4, -0.2) is 9.97 Å². The van der Waals surface area contributed by atoms with Gasteiger partial charge in [-0.3, -0.25) is 0 Å². The van der Waals surface area contributed by atoms with Crippen molar-refractivity contribution in [3.63, 3.8) is 0 Å². The van der Waals surface area contributed by atoms with Crippen LogP contribution in [0.4, 0.5) is 0 Å². The Morgan fingerprint density at radius 2 is 1.56 bits per heavy atom. The molecule has 1 aromatic heterocycles. The molecule has 0 aliphatic carbocycles. The summed E-state index contributed by atoms with van der Waals surface area (Å²) >= 11 is 2.30. The summed E-state index contributed by atoms with van der Waals surface area (Å²) in [4.78, 5) is 7.85. The van der Waals surface area contributed by atoms with E-state index in [1.807, 2.05) is 24.4 Å². The third-order valence-corrected chi connectivity index (χ3v) is 3.48. The number of halogens is 1. The van der Waals surface area contributed by atoms with Gasteiger partial charge in [0.05, 0.1) is 5.69 Å². The van der Waals surface area contributed by atoms with Gasteiger partial charge in [-0.15, -0.1) is 0 Å². The van der Waals surface area contributed by atoms with Crippen molar-refractivity contribution in [2.45, 2.75) is 0 Å². The molecule has 3 heteroatoms. The second-order valence-corrected chi connectivity index (χ2v) is 5.25. The Balaban J connectivity index is 1.97. The van der Waals surface area contributed by atoms with Gasteiger partial charge in [-0.1, -0.05) is 42.5 Å². The van der Waals surface area contributed by atoms with Gasteiger partial charge in [-0.25, -0.2) is 4.98 Å². The van der Waals surface area contributed by atoms with Crippen molar-refractivity contribution in [1.29, 1.82) is 0 Å². The molecular weight excluding hydrogens is 335 g/mol. The van der Waals surface area contributed by atoms with Crippen molar-refractivity contribution in [3.05, 3.63) is 64.4 Å². The number of aromatic nitrogens is 2. The van der Waals surface area contributed by atoms with Crippen LogP contribution in [0.5, 0.6) is 0 Å². The molecule has 0 amide bonds. The van der Waals surface area contributed by atoms with E-state index in [-0.39, 0.29) is 0 Å². The van der Waals surface area contributed by atoms with Gasteiger partial charge < -0.3 is 4.98 Å². The van der Waals surface area contributed by atoms with Gasteiger partial charge in [0.15, 0.2) is 0 Å². The van der Waals surface area contributed by atoms with Crippen LogP contribution in [0, 0.1) is 3.57 Å². The monoisotopic (exact) mass is 346 g/mol. The molecule has 0 bridgehead atoms. The van der Waals surface area contributed by atoms with E-state index in [0.717, 1.165) is 22.6 Å². The maximum Gasteiger partial charge on any atom is 0.138 e. The second kappa shape index (κ2) is 4.94. The van der Waals surface area contributed by atoms with Gasteiger partial charge in [-0.2, -0.15) is 0 Å². The smallest absolute Gasteiger partial charge is 0.138 e.